The second kappa shape index (κ2) is 5.50. The molecule has 2 nitrogen and oxygen atoms in total. The topological polar surface area (TPSA) is 15.3 Å². The van der Waals surface area contributed by atoms with Gasteiger partial charge in [-0.05, 0) is 43.8 Å². The van der Waals surface area contributed by atoms with Crippen LogP contribution in [0.15, 0.2) is 18.2 Å². The van der Waals surface area contributed by atoms with Gasteiger partial charge in [-0.1, -0.05) is 18.2 Å². The second-order valence-corrected chi connectivity index (χ2v) is 4.22. The van der Waals surface area contributed by atoms with Crippen LogP contribution in [0.2, 0.25) is 0 Å². The highest BCUT2D eigenvalue weighted by Crippen LogP contribution is 2.19. The number of benzene rings is 1. The van der Waals surface area contributed by atoms with Crippen molar-refractivity contribution in [1.29, 1.82) is 0 Å². The van der Waals surface area contributed by atoms with Gasteiger partial charge in [0.05, 0.1) is 0 Å². The van der Waals surface area contributed by atoms with Gasteiger partial charge in [0.15, 0.2) is 0 Å². The van der Waals surface area contributed by atoms with Crippen LogP contribution in [0, 0.1) is 0 Å². The molecule has 1 aromatic carbocycles. The van der Waals surface area contributed by atoms with Crippen molar-refractivity contribution < 1.29 is 0 Å². The Balaban J connectivity index is 0.00000112. The molecule has 0 amide bonds. The molecule has 0 spiro atoms. The molecule has 1 aliphatic rings. The number of halogens is 1. The van der Waals surface area contributed by atoms with Gasteiger partial charge < -0.3 is 10.2 Å². The molecule has 1 aromatic rings. The highest BCUT2D eigenvalue weighted by atomic mass is 35.5. The van der Waals surface area contributed by atoms with Crippen molar-refractivity contribution in [1.82, 2.24) is 10.2 Å². The third-order valence-electron chi connectivity index (χ3n) is 2.72. The van der Waals surface area contributed by atoms with E-state index in [1.165, 1.54) is 17.5 Å². The van der Waals surface area contributed by atoms with E-state index in [1.54, 1.807) is 5.56 Å². The van der Waals surface area contributed by atoms with Crippen molar-refractivity contribution >= 4 is 12.4 Å². The molecule has 1 heterocycles. The zero-order chi connectivity index (χ0) is 9.97. The summed E-state index contributed by atoms with van der Waals surface area (Å²) >= 11 is 0. The van der Waals surface area contributed by atoms with E-state index < -0.39 is 0 Å². The minimum Gasteiger partial charge on any atom is -0.312 e. The Kier molecular flexibility index (Phi) is 4.58. The predicted molar refractivity (Wildman–Crippen MR) is 66.5 cm³/mol. The van der Waals surface area contributed by atoms with E-state index in [0.717, 1.165) is 19.6 Å². The summed E-state index contributed by atoms with van der Waals surface area (Å²) in [6.45, 7) is 3.22. The molecule has 1 aliphatic heterocycles. The van der Waals surface area contributed by atoms with Crippen LogP contribution in [-0.4, -0.2) is 25.5 Å². The van der Waals surface area contributed by atoms with Crippen LogP contribution in [0.5, 0.6) is 0 Å². The zero-order valence-electron chi connectivity index (χ0n) is 9.42. The van der Waals surface area contributed by atoms with Gasteiger partial charge in [-0.15, -0.1) is 12.4 Å². The first kappa shape index (κ1) is 12.5. The molecule has 0 aliphatic carbocycles. The second-order valence-electron chi connectivity index (χ2n) is 4.22. The van der Waals surface area contributed by atoms with Crippen LogP contribution in [0.4, 0.5) is 0 Å². The number of hydrogen-bond acceptors (Lipinski definition) is 2. The molecule has 0 unspecified atom stereocenters. The van der Waals surface area contributed by atoms with Crippen molar-refractivity contribution in [3.05, 3.63) is 34.9 Å². The Morgan fingerprint density at radius 1 is 1.33 bits per heavy atom. The largest absolute Gasteiger partial charge is 0.312 e. The normalized spacial score (nSPS) is 14.6. The average molecular weight is 227 g/mol. The smallest absolute Gasteiger partial charge is 0.0230 e. The van der Waals surface area contributed by atoms with Gasteiger partial charge in [-0.25, -0.2) is 0 Å². The fraction of sp³-hybridized carbons (Fsp3) is 0.500. The van der Waals surface area contributed by atoms with Gasteiger partial charge in [0.25, 0.3) is 0 Å². The van der Waals surface area contributed by atoms with Gasteiger partial charge >= 0.3 is 0 Å². The molecule has 2 rings (SSSR count). The lowest BCUT2D eigenvalue weighted by Crippen LogP contribution is -2.25. The lowest BCUT2D eigenvalue weighted by atomic mass is 9.95. The Hall–Kier alpha value is -0.570. The number of fused-ring (bicyclic) bond motifs is 1. The summed E-state index contributed by atoms with van der Waals surface area (Å²) in [5.41, 5.74) is 4.55. The van der Waals surface area contributed by atoms with Gasteiger partial charge in [0.1, 0.15) is 0 Å². The fourth-order valence-electron chi connectivity index (χ4n) is 2.10. The van der Waals surface area contributed by atoms with E-state index in [4.69, 9.17) is 0 Å². The van der Waals surface area contributed by atoms with E-state index in [0.29, 0.717) is 0 Å². The van der Waals surface area contributed by atoms with Gasteiger partial charge in [-0.2, -0.15) is 0 Å². The van der Waals surface area contributed by atoms with Gasteiger partial charge in [0.2, 0.25) is 0 Å². The van der Waals surface area contributed by atoms with E-state index in [1.807, 2.05) is 0 Å². The summed E-state index contributed by atoms with van der Waals surface area (Å²) in [6, 6.07) is 6.66. The first-order valence-electron chi connectivity index (χ1n) is 5.22. The van der Waals surface area contributed by atoms with Crippen molar-refractivity contribution in [3.63, 3.8) is 0 Å². The monoisotopic (exact) mass is 226 g/mol. The molecule has 0 bridgehead atoms. The number of nitrogens with one attached hydrogen (secondary N) is 1. The summed E-state index contributed by atoms with van der Waals surface area (Å²) in [5, 5.41) is 3.41. The van der Waals surface area contributed by atoms with E-state index in [-0.39, 0.29) is 12.4 Å². The quantitative estimate of drug-likeness (QED) is 0.828. The number of nitrogens with zero attached hydrogens (tertiary/aromatic N) is 1. The minimum atomic E-state index is 0. The predicted octanol–water partition coefficient (Wildman–Crippen LogP) is 1.82. The van der Waals surface area contributed by atoms with E-state index in [9.17, 15) is 0 Å². The molecule has 0 aromatic heterocycles. The summed E-state index contributed by atoms with van der Waals surface area (Å²) in [6.07, 6.45) is 1.18. The average Bonchev–Trinajstić information content (AvgIpc) is 2.18. The molecule has 15 heavy (non-hydrogen) atoms. The molecule has 1 N–H and O–H groups in total. The van der Waals surface area contributed by atoms with Crippen molar-refractivity contribution in [2.75, 3.05) is 20.6 Å². The van der Waals surface area contributed by atoms with Crippen molar-refractivity contribution in [2.45, 2.75) is 19.5 Å². The molecular weight excluding hydrogens is 208 g/mol. The van der Waals surface area contributed by atoms with Crippen LogP contribution in [0.25, 0.3) is 0 Å². The first-order chi connectivity index (χ1) is 6.77. The molecule has 84 valence electrons. The maximum Gasteiger partial charge on any atom is 0.0230 e. The van der Waals surface area contributed by atoms with Crippen LogP contribution in [0.1, 0.15) is 16.7 Å². The molecular formula is C12H19ClN2. The number of rotatable bonds is 2. The fourth-order valence-corrected chi connectivity index (χ4v) is 2.10. The molecule has 0 atom stereocenters. The highest BCUT2D eigenvalue weighted by Gasteiger charge is 2.12. The molecule has 0 fully saturated rings. The first-order valence-corrected chi connectivity index (χ1v) is 5.22. The standard InChI is InChI=1S/C12H18N2.ClH/c1-14(2)9-11-5-3-4-10-8-13-7-6-12(10)11;/h3-5,13H,6-9H2,1-2H3;1H. The summed E-state index contributed by atoms with van der Waals surface area (Å²) < 4.78 is 0. The Labute approximate surface area is 98.1 Å². The lowest BCUT2D eigenvalue weighted by Gasteiger charge is -2.21. The van der Waals surface area contributed by atoms with Gasteiger partial charge in [-0.3, -0.25) is 0 Å². The van der Waals surface area contributed by atoms with Gasteiger partial charge in [0, 0.05) is 13.1 Å². The Morgan fingerprint density at radius 2 is 2.13 bits per heavy atom. The Bertz CT molecular complexity index is 323. The molecule has 3 heteroatoms. The van der Waals surface area contributed by atoms with Crippen LogP contribution < -0.4 is 5.32 Å². The molecule has 0 radical (unpaired) electrons. The Morgan fingerprint density at radius 3 is 2.87 bits per heavy atom. The maximum atomic E-state index is 3.41. The summed E-state index contributed by atoms with van der Waals surface area (Å²) in [5.74, 6) is 0. The molecule has 0 saturated heterocycles. The van der Waals surface area contributed by atoms with Crippen LogP contribution >= 0.6 is 12.4 Å². The minimum absolute atomic E-state index is 0. The van der Waals surface area contributed by atoms with Crippen LogP contribution in [-0.2, 0) is 19.5 Å². The summed E-state index contributed by atoms with van der Waals surface area (Å²) in [7, 11) is 4.25. The van der Waals surface area contributed by atoms with E-state index >= 15 is 0 Å². The van der Waals surface area contributed by atoms with Crippen molar-refractivity contribution in [3.8, 4) is 0 Å². The zero-order valence-corrected chi connectivity index (χ0v) is 10.2. The van der Waals surface area contributed by atoms with E-state index in [2.05, 4.69) is 42.5 Å². The van der Waals surface area contributed by atoms with Crippen molar-refractivity contribution in [2.24, 2.45) is 0 Å². The molecule has 0 saturated carbocycles. The highest BCUT2D eigenvalue weighted by molar-refractivity contribution is 5.85. The third kappa shape index (κ3) is 2.94. The third-order valence-corrected chi connectivity index (χ3v) is 2.72. The summed E-state index contributed by atoms with van der Waals surface area (Å²) in [4.78, 5) is 2.23. The SMILES string of the molecule is CN(C)Cc1cccc2c1CCNC2.Cl. The maximum absolute atomic E-state index is 3.41. The number of hydrogen-bond donors (Lipinski definition) is 1. The lowest BCUT2D eigenvalue weighted by molar-refractivity contribution is 0.399. The van der Waals surface area contributed by atoms with Crippen LogP contribution in [0.3, 0.4) is 0 Å².